The van der Waals surface area contributed by atoms with Crippen molar-refractivity contribution in [3.63, 3.8) is 0 Å². The van der Waals surface area contributed by atoms with Gasteiger partial charge in [-0.1, -0.05) is 162 Å². The van der Waals surface area contributed by atoms with Crippen LogP contribution < -0.4 is 5.32 Å². The standard InChI is InChI=1S/C49H83N2O6P/c1-6-8-10-11-12-13-14-15-16-17-18-19-20-21-22-23-24-25-26-27-28-29-30-31-32-33-34-35-36-37-38-39-41-43-49(53)50-47(48(52)42-40-9-7-2)46-57-58(54,55)56-45-44-51(3,4)5/h8,10,12-13,15-16,18-19,21-22,24-25,27-28,30-31,33-34,47-48,52H,6-7,9,11,14,17,20,23,26,29,32,35-46H2,1-5H3,(H-,50,53,54,55)/p+1/b10-8-,13-12-,16-15-,19-18-,22-21-,25-24-,28-27-,31-30-,34-33-. The number of likely N-dealkylation sites (N-methyl/N-ethyl adjacent to an activating group) is 1. The van der Waals surface area contributed by atoms with E-state index in [1.165, 1.54) is 0 Å². The predicted molar refractivity (Wildman–Crippen MR) is 249 cm³/mol. The zero-order valence-electron chi connectivity index (χ0n) is 37.2. The molecule has 9 heteroatoms. The van der Waals surface area contributed by atoms with Gasteiger partial charge in [-0.2, -0.15) is 0 Å². The van der Waals surface area contributed by atoms with Crippen LogP contribution in [0.1, 0.15) is 142 Å². The summed E-state index contributed by atoms with van der Waals surface area (Å²) in [4.78, 5) is 22.8. The Labute approximate surface area is 355 Å². The van der Waals surface area contributed by atoms with E-state index in [0.717, 1.165) is 116 Å². The maximum atomic E-state index is 12.7. The number of unbranched alkanes of at least 4 members (excludes halogenated alkanes) is 7. The summed E-state index contributed by atoms with van der Waals surface area (Å²) in [6, 6.07) is -0.774. The number of carbonyl (C=O) groups is 1. The molecular formula is C49H84N2O6P+. The SMILES string of the molecule is CC/C=C\C/C=C\C/C=C\C/C=C\C/C=C\C/C=C\C/C=C\C/C=C\C/C=C\CCCCCCCC(=O)NC(COP(=O)(O)OCC[N+](C)(C)C)C(O)CCCCC. The van der Waals surface area contributed by atoms with E-state index in [1.807, 2.05) is 21.1 Å². The number of carbonyl (C=O) groups excluding carboxylic acids is 1. The van der Waals surface area contributed by atoms with E-state index in [-0.39, 0.29) is 19.1 Å². The van der Waals surface area contributed by atoms with Gasteiger partial charge in [-0.15, -0.1) is 0 Å². The molecule has 58 heavy (non-hydrogen) atoms. The molecule has 3 atom stereocenters. The van der Waals surface area contributed by atoms with E-state index >= 15 is 0 Å². The molecular weight excluding hydrogens is 744 g/mol. The van der Waals surface area contributed by atoms with Gasteiger partial charge in [-0.3, -0.25) is 13.8 Å². The largest absolute Gasteiger partial charge is 0.472 e. The van der Waals surface area contributed by atoms with Gasteiger partial charge < -0.3 is 19.8 Å². The second-order valence-electron chi connectivity index (χ2n) is 15.7. The lowest BCUT2D eigenvalue weighted by atomic mass is 10.0. The minimum atomic E-state index is -4.30. The summed E-state index contributed by atoms with van der Waals surface area (Å²) in [6.45, 7) is 4.55. The number of nitrogens with one attached hydrogen (secondary N) is 1. The number of hydrogen-bond acceptors (Lipinski definition) is 5. The van der Waals surface area contributed by atoms with E-state index in [9.17, 15) is 19.4 Å². The molecule has 0 aromatic rings. The lowest BCUT2D eigenvalue weighted by Gasteiger charge is -2.26. The minimum absolute atomic E-state index is 0.0622. The molecule has 330 valence electrons. The average Bonchev–Trinajstić information content (AvgIpc) is 3.17. The smallest absolute Gasteiger partial charge is 0.391 e. The molecule has 0 aliphatic carbocycles. The van der Waals surface area contributed by atoms with Crippen LogP contribution in [0.3, 0.4) is 0 Å². The molecule has 0 rings (SSSR count). The molecule has 1 amide bonds. The predicted octanol–water partition coefficient (Wildman–Crippen LogP) is 12.5. The number of allylic oxidation sites excluding steroid dienone is 18. The maximum absolute atomic E-state index is 12.7. The Hall–Kier alpha value is -2.84. The summed E-state index contributed by atoms with van der Waals surface area (Å²) >= 11 is 0. The molecule has 3 unspecified atom stereocenters. The van der Waals surface area contributed by atoms with Crippen LogP contribution in [0.4, 0.5) is 0 Å². The van der Waals surface area contributed by atoms with Gasteiger partial charge in [0.25, 0.3) is 0 Å². The summed E-state index contributed by atoms with van der Waals surface area (Å²) in [5.41, 5.74) is 0. The molecule has 0 aliphatic heterocycles. The van der Waals surface area contributed by atoms with Crippen molar-refractivity contribution in [3.8, 4) is 0 Å². The zero-order chi connectivity index (χ0) is 42.8. The van der Waals surface area contributed by atoms with Gasteiger partial charge in [-0.25, -0.2) is 4.57 Å². The van der Waals surface area contributed by atoms with E-state index < -0.39 is 20.0 Å². The quantitative estimate of drug-likeness (QED) is 0.0248. The highest BCUT2D eigenvalue weighted by Crippen LogP contribution is 2.43. The number of amides is 1. The fraction of sp³-hybridized carbons (Fsp3) is 0.612. The fourth-order valence-corrected chi connectivity index (χ4v) is 6.24. The van der Waals surface area contributed by atoms with E-state index in [1.54, 1.807) is 0 Å². The number of hydrogen-bond donors (Lipinski definition) is 3. The Bertz CT molecular complexity index is 1300. The summed E-state index contributed by atoms with van der Waals surface area (Å²) in [7, 11) is 1.57. The average molecular weight is 828 g/mol. The normalized spacial score (nSPS) is 15.4. The van der Waals surface area contributed by atoms with Gasteiger partial charge in [0.05, 0.1) is 39.9 Å². The molecule has 0 spiro atoms. The Morgan fingerprint density at radius 3 is 1.48 bits per heavy atom. The van der Waals surface area contributed by atoms with Crippen molar-refractivity contribution in [2.45, 2.75) is 154 Å². The highest BCUT2D eigenvalue weighted by Gasteiger charge is 2.28. The zero-order valence-corrected chi connectivity index (χ0v) is 38.1. The molecule has 3 N–H and O–H groups in total. The first-order chi connectivity index (χ1) is 28.0. The second-order valence-corrected chi connectivity index (χ2v) is 17.1. The van der Waals surface area contributed by atoms with Gasteiger partial charge in [0.1, 0.15) is 13.2 Å². The molecule has 0 bridgehead atoms. The topological polar surface area (TPSA) is 105 Å². The van der Waals surface area contributed by atoms with Crippen molar-refractivity contribution >= 4 is 13.7 Å². The van der Waals surface area contributed by atoms with Crippen LogP contribution in [-0.2, 0) is 18.4 Å². The lowest BCUT2D eigenvalue weighted by Crippen LogP contribution is -2.46. The van der Waals surface area contributed by atoms with Crippen molar-refractivity contribution in [2.24, 2.45) is 0 Å². The molecule has 0 radical (unpaired) electrons. The van der Waals surface area contributed by atoms with Crippen molar-refractivity contribution in [1.82, 2.24) is 5.32 Å². The Kier molecular flexibility index (Phi) is 37.7. The van der Waals surface area contributed by atoms with Crippen LogP contribution in [0.5, 0.6) is 0 Å². The Balaban J connectivity index is 4.01. The van der Waals surface area contributed by atoms with Crippen LogP contribution in [0, 0.1) is 0 Å². The number of phosphoric ester groups is 1. The number of phosphoric acid groups is 1. The Morgan fingerprint density at radius 2 is 1.03 bits per heavy atom. The van der Waals surface area contributed by atoms with Crippen LogP contribution in [0.15, 0.2) is 109 Å². The van der Waals surface area contributed by atoms with Crippen LogP contribution >= 0.6 is 7.82 Å². The third kappa shape index (κ3) is 41.3. The van der Waals surface area contributed by atoms with Crippen molar-refractivity contribution < 1.29 is 32.9 Å². The first-order valence-corrected chi connectivity index (χ1v) is 23.7. The van der Waals surface area contributed by atoms with Gasteiger partial charge in [0, 0.05) is 6.42 Å². The third-order valence-electron chi connectivity index (χ3n) is 9.04. The Morgan fingerprint density at radius 1 is 0.603 bits per heavy atom. The summed E-state index contributed by atoms with van der Waals surface area (Å²) in [5.74, 6) is -0.182. The van der Waals surface area contributed by atoms with Crippen molar-refractivity contribution in [1.29, 1.82) is 0 Å². The van der Waals surface area contributed by atoms with Crippen molar-refractivity contribution in [3.05, 3.63) is 109 Å². The second kappa shape index (κ2) is 39.6. The fourth-order valence-electron chi connectivity index (χ4n) is 5.51. The molecule has 0 heterocycles. The summed E-state index contributed by atoms with van der Waals surface area (Å²) in [5, 5.41) is 13.6. The minimum Gasteiger partial charge on any atom is -0.391 e. The summed E-state index contributed by atoms with van der Waals surface area (Å²) < 4.78 is 23.3. The van der Waals surface area contributed by atoms with E-state index in [0.29, 0.717) is 23.9 Å². The van der Waals surface area contributed by atoms with Gasteiger partial charge in [0.2, 0.25) is 5.91 Å². The highest BCUT2D eigenvalue weighted by atomic mass is 31.2. The van der Waals surface area contributed by atoms with Crippen LogP contribution in [0.25, 0.3) is 0 Å². The third-order valence-corrected chi connectivity index (χ3v) is 10.0. The number of nitrogens with zero attached hydrogens (tertiary/aromatic N) is 1. The first-order valence-electron chi connectivity index (χ1n) is 22.3. The number of rotatable bonds is 38. The molecule has 8 nitrogen and oxygen atoms in total. The molecule has 0 aromatic carbocycles. The van der Waals surface area contributed by atoms with Crippen molar-refractivity contribution in [2.75, 3.05) is 40.9 Å². The highest BCUT2D eigenvalue weighted by molar-refractivity contribution is 7.47. The summed E-state index contributed by atoms with van der Waals surface area (Å²) in [6.07, 6.45) is 57.8. The van der Waals surface area contributed by atoms with Crippen LogP contribution in [-0.4, -0.2) is 73.4 Å². The maximum Gasteiger partial charge on any atom is 0.472 e. The molecule has 0 aromatic heterocycles. The monoisotopic (exact) mass is 828 g/mol. The number of quaternary nitrogens is 1. The first kappa shape index (κ1) is 55.2. The lowest BCUT2D eigenvalue weighted by molar-refractivity contribution is -0.870. The number of aliphatic hydroxyl groups excluding tert-OH is 1. The van der Waals surface area contributed by atoms with Gasteiger partial charge >= 0.3 is 7.82 Å². The van der Waals surface area contributed by atoms with Gasteiger partial charge in [0.15, 0.2) is 0 Å². The molecule has 0 saturated heterocycles. The van der Waals surface area contributed by atoms with E-state index in [2.05, 4.69) is 129 Å². The molecule has 0 fully saturated rings. The van der Waals surface area contributed by atoms with Gasteiger partial charge in [-0.05, 0) is 83.5 Å². The van der Waals surface area contributed by atoms with Crippen LogP contribution in [0.2, 0.25) is 0 Å². The molecule has 0 saturated carbocycles. The van der Waals surface area contributed by atoms with E-state index in [4.69, 9.17) is 9.05 Å². The number of aliphatic hydroxyl groups is 1. The molecule has 0 aliphatic rings.